The Hall–Kier alpha value is -2.27. The van der Waals surface area contributed by atoms with E-state index in [1.807, 2.05) is 37.3 Å². The van der Waals surface area contributed by atoms with E-state index in [2.05, 4.69) is 15.3 Å². The maximum atomic E-state index is 12.1. The monoisotopic (exact) mass is 285 g/mol. The van der Waals surface area contributed by atoms with E-state index in [0.717, 1.165) is 12.0 Å². The number of carbonyl (C=O) groups is 1. The molecule has 5 nitrogen and oxygen atoms in total. The summed E-state index contributed by atoms with van der Waals surface area (Å²) in [5.41, 5.74) is 0.792. The summed E-state index contributed by atoms with van der Waals surface area (Å²) in [6.07, 6.45) is 5.22. The van der Waals surface area contributed by atoms with Gasteiger partial charge in [0.25, 0.3) is 5.91 Å². The zero-order chi connectivity index (χ0) is 15.1. The first-order valence-electron chi connectivity index (χ1n) is 6.87. The number of nitrogens with one attached hydrogen (secondary N) is 1. The molecule has 0 fully saturated rings. The van der Waals surface area contributed by atoms with Crippen molar-refractivity contribution in [2.24, 2.45) is 0 Å². The molecule has 110 valence electrons. The van der Waals surface area contributed by atoms with Gasteiger partial charge < -0.3 is 10.1 Å². The van der Waals surface area contributed by atoms with Crippen LogP contribution >= 0.6 is 0 Å². The Balaban J connectivity index is 2.13. The Morgan fingerprint density at radius 1 is 1.29 bits per heavy atom. The first-order valence-corrected chi connectivity index (χ1v) is 6.87. The summed E-state index contributed by atoms with van der Waals surface area (Å²) in [5.74, 6) is -0.256. The zero-order valence-corrected chi connectivity index (χ0v) is 12.2. The van der Waals surface area contributed by atoms with Crippen LogP contribution in [0.15, 0.2) is 48.9 Å². The lowest BCUT2D eigenvalue weighted by Crippen LogP contribution is -2.42. The van der Waals surface area contributed by atoms with E-state index in [9.17, 15) is 4.79 Å². The number of methoxy groups -OCH3 is 1. The number of nitrogens with zero attached hydrogens (tertiary/aromatic N) is 2. The largest absolute Gasteiger partial charge is 0.372 e. The van der Waals surface area contributed by atoms with Crippen molar-refractivity contribution in [3.63, 3.8) is 0 Å². The van der Waals surface area contributed by atoms with Crippen molar-refractivity contribution in [1.29, 1.82) is 0 Å². The van der Waals surface area contributed by atoms with Crippen LogP contribution in [0.4, 0.5) is 0 Å². The Kier molecular flexibility index (Phi) is 5.00. The maximum absolute atomic E-state index is 12.1. The van der Waals surface area contributed by atoms with Crippen molar-refractivity contribution in [3.8, 4) is 0 Å². The second kappa shape index (κ2) is 6.95. The molecular formula is C16H19N3O2. The average Bonchev–Trinajstić information content (AvgIpc) is 2.58. The smallest absolute Gasteiger partial charge is 0.271 e. The molecule has 21 heavy (non-hydrogen) atoms. The van der Waals surface area contributed by atoms with Gasteiger partial charge in [0.2, 0.25) is 0 Å². The Bertz CT molecular complexity index is 569. The van der Waals surface area contributed by atoms with E-state index < -0.39 is 5.60 Å². The molecular weight excluding hydrogens is 266 g/mol. The van der Waals surface area contributed by atoms with Crippen molar-refractivity contribution in [3.05, 3.63) is 60.2 Å². The molecule has 1 atom stereocenters. The van der Waals surface area contributed by atoms with Gasteiger partial charge in [0.15, 0.2) is 0 Å². The van der Waals surface area contributed by atoms with E-state index in [0.29, 0.717) is 12.2 Å². The summed E-state index contributed by atoms with van der Waals surface area (Å²) >= 11 is 0. The first kappa shape index (κ1) is 15.1. The molecule has 1 heterocycles. The van der Waals surface area contributed by atoms with Crippen molar-refractivity contribution >= 4 is 5.91 Å². The van der Waals surface area contributed by atoms with Gasteiger partial charge in [0, 0.05) is 19.5 Å². The second-order valence-electron chi connectivity index (χ2n) is 4.69. The highest BCUT2D eigenvalue weighted by molar-refractivity contribution is 5.91. The van der Waals surface area contributed by atoms with Crippen LogP contribution in [0.2, 0.25) is 0 Å². The topological polar surface area (TPSA) is 64.1 Å². The predicted molar refractivity (Wildman–Crippen MR) is 79.8 cm³/mol. The van der Waals surface area contributed by atoms with E-state index in [1.165, 1.54) is 18.6 Å². The Labute approximate surface area is 124 Å². The lowest BCUT2D eigenvalue weighted by Gasteiger charge is -2.32. The van der Waals surface area contributed by atoms with Crippen LogP contribution < -0.4 is 5.32 Å². The summed E-state index contributed by atoms with van der Waals surface area (Å²) in [6.45, 7) is 2.41. The van der Waals surface area contributed by atoms with Crippen LogP contribution in [0.1, 0.15) is 29.4 Å². The van der Waals surface area contributed by atoms with E-state index >= 15 is 0 Å². The highest BCUT2D eigenvalue weighted by Crippen LogP contribution is 2.28. The number of hydrogen-bond donors (Lipinski definition) is 1. The Morgan fingerprint density at radius 3 is 2.62 bits per heavy atom. The van der Waals surface area contributed by atoms with Gasteiger partial charge in [-0.05, 0) is 12.0 Å². The normalized spacial score (nSPS) is 13.4. The van der Waals surface area contributed by atoms with Gasteiger partial charge in [-0.15, -0.1) is 0 Å². The maximum Gasteiger partial charge on any atom is 0.271 e. The minimum Gasteiger partial charge on any atom is -0.372 e. The van der Waals surface area contributed by atoms with Gasteiger partial charge in [-0.3, -0.25) is 9.78 Å². The van der Waals surface area contributed by atoms with Crippen LogP contribution in [-0.4, -0.2) is 29.5 Å². The molecule has 1 amide bonds. The van der Waals surface area contributed by atoms with E-state index in [1.54, 1.807) is 7.11 Å². The van der Waals surface area contributed by atoms with Crippen LogP contribution in [-0.2, 0) is 10.3 Å². The zero-order valence-electron chi connectivity index (χ0n) is 12.2. The highest BCUT2D eigenvalue weighted by atomic mass is 16.5. The van der Waals surface area contributed by atoms with Crippen molar-refractivity contribution < 1.29 is 9.53 Å². The number of aromatic nitrogens is 2. The fraction of sp³-hybridized carbons (Fsp3) is 0.312. The third kappa shape index (κ3) is 3.44. The molecule has 5 heteroatoms. The van der Waals surface area contributed by atoms with Crippen LogP contribution in [0.3, 0.4) is 0 Å². The minimum absolute atomic E-state index is 0.256. The SMILES string of the molecule is CCC(CNC(=O)c1cnccn1)(OC)c1ccccc1. The van der Waals surface area contributed by atoms with Gasteiger partial charge in [-0.1, -0.05) is 37.3 Å². The van der Waals surface area contributed by atoms with Crippen LogP contribution in [0, 0.1) is 0 Å². The highest BCUT2D eigenvalue weighted by Gasteiger charge is 2.30. The molecule has 1 aromatic heterocycles. The fourth-order valence-corrected chi connectivity index (χ4v) is 2.24. The quantitative estimate of drug-likeness (QED) is 0.883. The first-order chi connectivity index (χ1) is 10.2. The molecule has 2 rings (SSSR count). The number of rotatable bonds is 6. The van der Waals surface area contributed by atoms with Crippen molar-refractivity contribution in [2.75, 3.05) is 13.7 Å². The molecule has 0 radical (unpaired) electrons. The number of benzene rings is 1. The molecule has 0 aliphatic rings. The van der Waals surface area contributed by atoms with Crippen LogP contribution in [0.25, 0.3) is 0 Å². The summed E-state index contributed by atoms with van der Waals surface area (Å²) < 4.78 is 5.71. The summed E-state index contributed by atoms with van der Waals surface area (Å²) in [7, 11) is 1.66. The van der Waals surface area contributed by atoms with Crippen molar-refractivity contribution in [2.45, 2.75) is 18.9 Å². The standard InChI is InChI=1S/C16H19N3O2/c1-3-16(21-2,13-7-5-4-6-8-13)12-19-15(20)14-11-17-9-10-18-14/h4-11H,3,12H2,1-2H3,(H,19,20). The lowest BCUT2D eigenvalue weighted by atomic mass is 9.90. The molecule has 1 aromatic carbocycles. The van der Waals surface area contributed by atoms with Gasteiger partial charge in [-0.25, -0.2) is 4.98 Å². The third-order valence-corrected chi connectivity index (χ3v) is 3.59. The number of hydrogen-bond acceptors (Lipinski definition) is 4. The molecule has 2 aromatic rings. The number of ether oxygens (including phenoxy) is 1. The molecule has 0 aliphatic carbocycles. The number of carbonyl (C=O) groups excluding carboxylic acids is 1. The van der Waals surface area contributed by atoms with E-state index in [4.69, 9.17) is 4.74 Å². The minimum atomic E-state index is -0.543. The molecule has 0 saturated heterocycles. The van der Waals surface area contributed by atoms with Crippen molar-refractivity contribution in [1.82, 2.24) is 15.3 Å². The summed E-state index contributed by atoms with van der Waals surface area (Å²) in [5, 5.41) is 2.87. The molecule has 1 N–H and O–H groups in total. The molecule has 1 unspecified atom stereocenters. The average molecular weight is 285 g/mol. The second-order valence-corrected chi connectivity index (χ2v) is 4.69. The summed E-state index contributed by atoms with van der Waals surface area (Å²) in [4.78, 5) is 20.0. The third-order valence-electron chi connectivity index (χ3n) is 3.59. The fourth-order valence-electron chi connectivity index (χ4n) is 2.24. The molecule has 0 saturated carbocycles. The molecule has 0 bridgehead atoms. The summed E-state index contributed by atoms with van der Waals surface area (Å²) in [6, 6.07) is 9.88. The Morgan fingerprint density at radius 2 is 2.05 bits per heavy atom. The van der Waals surface area contributed by atoms with Gasteiger partial charge in [-0.2, -0.15) is 0 Å². The number of amides is 1. The van der Waals surface area contributed by atoms with Gasteiger partial charge in [0.05, 0.1) is 12.7 Å². The molecule has 0 spiro atoms. The predicted octanol–water partition coefficient (Wildman–Crippen LogP) is 2.16. The van der Waals surface area contributed by atoms with Crippen LogP contribution in [0.5, 0.6) is 0 Å². The van der Waals surface area contributed by atoms with Gasteiger partial charge in [0.1, 0.15) is 11.3 Å². The van der Waals surface area contributed by atoms with Gasteiger partial charge >= 0.3 is 0 Å². The van der Waals surface area contributed by atoms with E-state index in [-0.39, 0.29) is 5.91 Å². The molecule has 0 aliphatic heterocycles. The lowest BCUT2D eigenvalue weighted by molar-refractivity contribution is -0.0164.